The predicted molar refractivity (Wildman–Crippen MR) is 127 cm³/mol. The highest BCUT2D eigenvalue weighted by molar-refractivity contribution is 5.94. The van der Waals surface area contributed by atoms with Crippen molar-refractivity contribution in [2.75, 3.05) is 12.4 Å². The number of aromatic nitrogens is 4. The fourth-order valence-electron chi connectivity index (χ4n) is 3.51. The van der Waals surface area contributed by atoms with Gasteiger partial charge in [0.25, 0.3) is 11.5 Å². The fourth-order valence-corrected chi connectivity index (χ4v) is 3.51. The molecule has 0 saturated carbocycles. The minimum atomic E-state index is -1.67. The van der Waals surface area contributed by atoms with Gasteiger partial charge in [0.1, 0.15) is 0 Å². The van der Waals surface area contributed by atoms with Crippen molar-refractivity contribution in [3.8, 4) is 0 Å². The molecule has 0 fully saturated rings. The number of carbonyl (C=O) groups is 1. The summed E-state index contributed by atoms with van der Waals surface area (Å²) in [5.41, 5.74) is -1.81. The molecule has 2 aromatic heterocycles. The maximum absolute atomic E-state index is 13.8. The van der Waals surface area contributed by atoms with E-state index in [0.717, 1.165) is 4.57 Å². The third-order valence-electron chi connectivity index (χ3n) is 5.39. The average molecular weight is 512 g/mol. The van der Waals surface area contributed by atoms with Gasteiger partial charge in [-0.1, -0.05) is 6.07 Å². The van der Waals surface area contributed by atoms with Crippen molar-refractivity contribution in [3.05, 3.63) is 120 Å². The molecule has 190 valence electrons. The first kappa shape index (κ1) is 25.2. The number of hydrogen-bond acceptors (Lipinski definition) is 6. The van der Waals surface area contributed by atoms with Crippen LogP contribution < -0.4 is 27.6 Å². The molecule has 2 heterocycles. The topological polar surface area (TPSA) is 131 Å². The number of benzene rings is 2. The second-order valence-electron chi connectivity index (χ2n) is 7.85. The van der Waals surface area contributed by atoms with Crippen LogP contribution in [0.2, 0.25) is 0 Å². The van der Waals surface area contributed by atoms with Gasteiger partial charge >= 0.3 is 11.4 Å². The third kappa shape index (κ3) is 5.34. The quantitative estimate of drug-likeness (QED) is 0.323. The molecule has 2 aromatic carbocycles. The van der Waals surface area contributed by atoms with Crippen LogP contribution in [0.1, 0.15) is 21.5 Å². The molecule has 0 unspecified atom stereocenters. The largest absolute Gasteiger partial charge is 0.355 e. The number of H-pyrrole nitrogens is 1. The number of nitrogens with one attached hydrogen (secondary N) is 3. The van der Waals surface area contributed by atoms with Crippen molar-refractivity contribution < 1.29 is 18.0 Å². The Morgan fingerprint density at radius 1 is 0.973 bits per heavy atom. The van der Waals surface area contributed by atoms with Gasteiger partial charge in [-0.05, 0) is 48.0 Å². The summed E-state index contributed by atoms with van der Waals surface area (Å²) in [4.78, 5) is 56.3. The minimum Gasteiger partial charge on any atom is -0.355 e. The Hall–Kier alpha value is -4.94. The molecule has 37 heavy (non-hydrogen) atoms. The molecule has 0 aliphatic heterocycles. The van der Waals surface area contributed by atoms with Gasteiger partial charge in [0.05, 0.1) is 13.1 Å². The van der Waals surface area contributed by atoms with Crippen LogP contribution in [0.25, 0.3) is 0 Å². The van der Waals surface area contributed by atoms with E-state index in [0.29, 0.717) is 28.0 Å². The Bertz CT molecular complexity index is 1640. The highest BCUT2D eigenvalue weighted by Gasteiger charge is 2.18. The summed E-state index contributed by atoms with van der Waals surface area (Å²) in [6.07, 6.45) is 1.38. The lowest BCUT2D eigenvalue weighted by molar-refractivity contribution is 0.0963. The Kier molecular flexibility index (Phi) is 7.04. The summed E-state index contributed by atoms with van der Waals surface area (Å²) in [6.45, 7) is -0.919. The Labute approximate surface area is 206 Å². The van der Waals surface area contributed by atoms with Crippen molar-refractivity contribution in [3.63, 3.8) is 0 Å². The number of carbonyl (C=O) groups excluding carboxylic acids is 1. The van der Waals surface area contributed by atoms with E-state index in [1.807, 2.05) is 0 Å². The molecule has 0 saturated heterocycles. The van der Waals surface area contributed by atoms with Gasteiger partial charge < -0.3 is 15.6 Å². The predicted octanol–water partition coefficient (Wildman–Crippen LogP) is 1.71. The molecule has 4 aromatic rings. The van der Waals surface area contributed by atoms with E-state index in [2.05, 4.69) is 20.6 Å². The van der Waals surface area contributed by atoms with E-state index in [1.54, 1.807) is 0 Å². The maximum atomic E-state index is 13.8. The van der Waals surface area contributed by atoms with Crippen LogP contribution >= 0.6 is 0 Å². The smallest absolute Gasteiger partial charge is 0.355 e. The summed E-state index contributed by atoms with van der Waals surface area (Å²) >= 11 is 0. The highest BCUT2D eigenvalue weighted by Crippen LogP contribution is 2.18. The first-order chi connectivity index (χ1) is 17.7. The Morgan fingerprint density at radius 2 is 1.65 bits per heavy atom. The number of amides is 1. The van der Waals surface area contributed by atoms with Gasteiger partial charge in [-0.3, -0.25) is 14.2 Å². The summed E-state index contributed by atoms with van der Waals surface area (Å²) in [5, 5.41) is 5.25. The van der Waals surface area contributed by atoms with E-state index in [1.165, 1.54) is 49.6 Å². The monoisotopic (exact) mass is 512 g/mol. The first-order valence-electron chi connectivity index (χ1n) is 10.8. The number of nitrogens with zero attached hydrogens (tertiary/aromatic N) is 3. The molecule has 10 nitrogen and oxygen atoms in total. The van der Waals surface area contributed by atoms with Crippen molar-refractivity contribution in [2.45, 2.75) is 13.1 Å². The van der Waals surface area contributed by atoms with Crippen LogP contribution in [0.3, 0.4) is 0 Å². The van der Waals surface area contributed by atoms with Gasteiger partial charge in [-0.25, -0.2) is 27.3 Å². The van der Waals surface area contributed by atoms with Crippen LogP contribution in [0.15, 0.2) is 69.1 Å². The van der Waals surface area contributed by atoms with Gasteiger partial charge in [-0.2, -0.15) is 4.98 Å². The zero-order valence-electron chi connectivity index (χ0n) is 19.2. The van der Waals surface area contributed by atoms with Gasteiger partial charge in [-0.15, -0.1) is 0 Å². The van der Waals surface area contributed by atoms with E-state index in [9.17, 15) is 32.3 Å². The number of rotatable bonds is 7. The standard InChI is InChI=1S/C24H19F3N6O4/c1-28-20(34)14-4-6-16(7-5-14)30-22-31-23(36)33(12-15-3-2-8-29-21(15)35)24(37)32(22)11-13-9-17(25)19(27)18(26)10-13/h2-10H,11-12H2,1H3,(H,28,34)(H,29,35)(H,30,31,36). The SMILES string of the molecule is CNC(=O)c1ccc(Nc2nc(=O)n(Cc3ccc[nH]c3=O)c(=O)n2Cc2cc(F)c(F)c(F)c2)cc1. The maximum Gasteiger partial charge on any atom is 0.355 e. The van der Waals surface area contributed by atoms with Crippen molar-refractivity contribution in [2.24, 2.45) is 0 Å². The second kappa shape index (κ2) is 10.4. The summed E-state index contributed by atoms with van der Waals surface area (Å²) in [7, 11) is 1.47. The van der Waals surface area contributed by atoms with Crippen molar-refractivity contribution >= 4 is 17.5 Å². The normalized spacial score (nSPS) is 10.8. The lowest BCUT2D eigenvalue weighted by Crippen LogP contribution is -2.43. The molecule has 3 N–H and O–H groups in total. The second-order valence-corrected chi connectivity index (χ2v) is 7.85. The molecule has 0 aliphatic carbocycles. The summed E-state index contributed by atoms with van der Waals surface area (Å²) < 4.78 is 42.7. The van der Waals surface area contributed by atoms with Crippen LogP contribution in [-0.4, -0.2) is 32.1 Å². The first-order valence-corrected chi connectivity index (χ1v) is 10.8. The van der Waals surface area contributed by atoms with Crippen molar-refractivity contribution in [1.82, 2.24) is 24.4 Å². The third-order valence-corrected chi connectivity index (χ3v) is 5.39. The number of hydrogen-bond donors (Lipinski definition) is 3. The number of halogens is 3. The summed E-state index contributed by atoms with van der Waals surface area (Å²) in [6, 6.07) is 10.3. The zero-order chi connectivity index (χ0) is 26.7. The number of aromatic amines is 1. The number of anilines is 2. The van der Waals surface area contributed by atoms with E-state index >= 15 is 0 Å². The lowest BCUT2D eigenvalue weighted by atomic mass is 10.2. The Balaban J connectivity index is 1.81. The molecule has 0 bridgehead atoms. The average Bonchev–Trinajstić information content (AvgIpc) is 2.88. The fraction of sp³-hybridized carbons (Fsp3) is 0.125. The molecular formula is C24H19F3N6O4. The van der Waals surface area contributed by atoms with E-state index in [4.69, 9.17) is 0 Å². The minimum absolute atomic E-state index is 0.0967. The van der Waals surface area contributed by atoms with Crippen LogP contribution in [-0.2, 0) is 13.1 Å². The van der Waals surface area contributed by atoms with Gasteiger partial charge in [0, 0.05) is 30.1 Å². The molecule has 13 heteroatoms. The molecule has 1 amide bonds. The molecule has 0 radical (unpaired) electrons. The summed E-state index contributed by atoms with van der Waals surface area (Å²) in [5.74, 6) is -5.21. The lowest BCUT2D eigenvalue weighted by Gasteiger charge is -2.16. The van der Waals surface area contributed by atoms with Gasteiger partial charge in [0.2, 0.25) is 5.95 Å². The zero-order valence-corrected chi connectivity index (χ0v) is 19.2. The van der Waals surface area contributed by atoms with Crippen LogP contribution in [0.5, 0.6) is 0 Å². The molecule has 0 aliphatic rings. The van der Waals surface area contributed by atoms with Crippen LogP contribution in [0, 0.1) is 17.5 Å². The highest BCUT2D eigenvalue weighted by atomic mass is 19.2. The van der Waals surface area contributed by atoms with E-state index in [-0.39, 0.29) is 23.0 Å². The Morgan fingerprint density at radius 3 is 2.27 bits per heavy atom. The number of pyridine rings is 1. The van der Waals surface area contributed by atoms with E-state index < -0.39 is 47.5 Å². The molecule has 0 atom stereocenters. The van der Waals surface area contributed by atoms with Crippen LogP contribution in [0.4, 0.5) is 24.8 Å². The van der Waals surface area contributed by atoms with Crippen molar-refractivity contribution in [1.29, 1.82) is 0 Å². The van der Waals surface area contributed by atoms with Gasteiger partial charge in [0.15, 0.2) is 17.5 Å². The molecule has 4 rings (SSSR count). The molecular weight excluding hydrogens is 493 g/mol. The molecule has 0 spiro atoms.